The van der Waals surface area contributed by atoms with Crippen molar-refractivity contribution in [2.45, 2.75) is 13.8 Å². The number of carbonyl (C=O) groups excluding carboxylic acids is 1. The molecule has 0 N–H and O–H groups in total. The van der Waals surface area contributed by atoms with Crippen LogP contribution in [0.1, 0.15) is 13.8 Å². The van der Waals surface area contributed by atoms with Crippen LogP contribution in [0.3, 0.4) is 0 Å². The first-order valence-corrected chi connectivity index (χ1v) is 7.86. The zero-order valence-corrected chi connectivity index (χ0v) is 14.4. The second kappa shape index (κ2) is 6.54. The van der Waals surface area contributed by atoms with Crippen LogP contribution in [-0.2, 0) is 0 Å². The number of carbonyl (C=O) groups is 1. The van der Waals surface area contributed by atoms with Crippen LogP contribution >= 0.6 is 31.9 Å². The summed E-state index contributed by atoms with van der Waals surface area (Å²) in [6, 6.07) is 5.62. The van der Waals surface area contributed by atoms with Crippen LogP contribution in [0, 0.1) is 0 Å². The lowest BCUT2D eigenvalue weighted by atomic mass is 10.2. The molecule has 0 bridgehead atoms. The number of hydrogen-bond donors (Lipinski definition) is 0. The highest BCUT2D eigenvalue weighted by Crippen LogP contribution is 2.37. The van der Waals surface area contributed by atoms with Crippen LogP contribution in [0.2, 0.25) is 0 Å². The topological polar surface area (TPSA) is 42.4 Å². The quantitative estimate of drug-likeness (QED) is 0.754. The van der Waals surface area contributed by atoms with E-state index < -0.39 is 0 Å². The average Bonchev–Trinajstić information content (AvgIpc) is 2.45. The van der Waals surface area contributed by atoms with Crippen molar-refractivity contribution in [2.75, 3.05) is 13.1 Å². The minimum atomic E-state index is -0.370. The largest absolute Gasteiger partial charge is 0.415 e. The summed E-state index contributed by atoms with van der Waals surface area (Å²) in [5, 5.41) is 0.901. The van der Waals surface area contributed by atoms with Crippen LogP contribution in [0.5, 0.6) is 5.75 Å². The van der Waals surface area contributed by atoms with Gasteiger partial charge in [-0.05, 0) is 41.9 Å². The van der Waals surface area contributed by atoms with Crippen molar-refractivity contribution in [3.63, 3.8) is 0 Å². The third kappa shape index (κ3) is 2.96. The number of rotatable bonds is 3. The molecule has 0 spiro atoms. The van der Waals surface area contributed by atoms with Crippen LogP contribution < -0.4 is 4.74 Å². The predicted octanol–water partition coefficient (Wildman–Crippen LogP) is 4.60. The Kier molecular flexibility index (Phi) is 4.99. The van der Waals surface area contributed by atoms with Crippen molar-refractivity contribution in [1.82, 2.24) is 9.88 Å². The molecule has 2 rings (SSSR count). The van der Waals surface area contributed by atoms with Gasteiger partial charge < -0.3 is 9.64 Å². The Morgan fingerprint density at radius 2 is 2.00 bits per heavy atom. The van der Waals surface area contributed by atoms with Gasteiger partial charge in [0, 0.05) is 29.1 Å². The molecule has 0 radical (unpaired) electrons. The van der Waals surface area contributed by atoms with Gasteiger partial charge in [0.15, 0.2) is 5.75 Å². The van der Waals surface area contributed by atoms with Gasteiger partial charge in [-0.2, -0.15) is 0 Å². The maximum atomic E-state index is 12.1. The Hall–Kier alpha value is -1.14. The average molecular weight is 402 g/mol. The number of fused-ring (bicyclic) bond motifs is 1. The molecule has 1 aromatic heterocycles. The number of halogens is 2. The minimum Gasteiger partial charge on any atom is -0.407 e. The predicted molar refractivity (Wildman–Crippen MR) is 86.1 cm³/mol. The summed E-state index contributed by atoms with van der Waals surface area (Å²) < 4.78 is 7.10. The van der Waals surface area contributed by atoms with Crippen LogP contribution in [0.15, 0.2) is 33.3 Å². The number of nitrogens with zero attached hydrogens (tertiary/aromatic N) is 2. The van der Waals surface area contributed by atoms with Gasteiger partial charge >= 0.3 is 6.09 Å². The summed E-state index contributed by atoms with van der Waals surface area (Å²) in [5.41, 5.74) is 0.647. The highest BCUT2D eigenvalue weighted by Gasteiger charge is 2.18. The SMILES string of the molecule is CCN(CC)C(=O)Oc1c(Br)cc(Br)c2cccnc12. The summed E-state index contributed by atoms with van der Waals surface area (Å²) in [6.45, 7) is 5.04. The molecule has 0 unspecified atom stereocenters. The molecule has 4 nitrogen and oxygen atoms in total. The van der Waals surface area contributed by atoms with Gasteiger partial charge in [0.25, 0.3) is 0 Å². The lowest BCUT2D eigenvalue weighted by Crippen LogP contribution is -2.33. The highest BCUT2D eigenvalue weighted by atomic mass is 79.9. The molecule has 1 aromatic carbocycles. The number of ether oxygens (including phenoxy) is 1. The summed E-state index contributed by atoms with van der Waals surface area (Å²) in [4.78, 5) is 18.0. The normalized spacial score (nSPS) is 10.6. The Morgan fingerprint density at radius 3 is 2.65 bits per heavy atom. The van der Waals surface area contributed by atoms with E-state index in [9.17, 15) is 4.79 Å². The van der Waals surface area contributed by atoms with Gasteiger partial charge in [-0.15, -0.1) is 0 Å². The Bertz CT molecular complexity index is 642. The smallest absolute Gasteiger partial charge is 0.407 e. The molecule has 0 saturated heterocycles. The zero-order chi connectivity index (χ0) is 14.7. The Labute approximate surface area is 134 Å². The van der Waals surface area contributed by atoms with Crippen molar-refractivity contribution in [2.24, 2.45) is 0 Å². The molecule has 0 fully saturated rings. The minimum absolute atomic E-state index is 0.370. The highest BCUT2D eigenvalue weighted by molar-refractivity contribution is 9.11. The van der Waals surface area contributed by atoms with E-state index in [1.807, 2.05) is 32.0 Å². The first-order valence-electron chi connectivity index (χ1n) is 6.28. The molecule has 0 aliphatic carbocycles. The number of pyridine rings is 1. The molecule has 0 aliphatic rings. The van der Waals surface area contributed by atoms with E-state index in [2.05, 4.69) is 36.8 Å². The van der Waals surface area contributed by atoms with Gasteiger partial charge in [0.1, 0.15) is 5.52 Å². The molecular formula is C14H14Br2N2O2. The molecular weight excluding hydrogens is 388 g/mol. The fourth-order valence-corrected chi connectivity index (χ4v) is 3.23. The van der Waals surface area contributed by atoms with Crippen molar-refractivity contribution in [3.05, 3.63) is 33.3 Å². The zero-order valence-electron chi connectivity index (χ0n) is 11.2. The number of hydrogen-bond acceptors (Lipinski definition) is 3. The van der Waals surface area contributed by atoms with Crippen LogP contribution in [-0.4, -0.2) is 29.1 Å². The first kappa shape index (κ1) is 15.3. The van der Waals surface area contributed by atoms with Crippen molar-refractivity contribution in [1.29, 1.82) is 0 Å². The maximum Gasteiger partial charge on any atom is 0.415 e. The molecule has 1 heterocycles. The number of benzene rings is 1. The Balaban J connectivity index is 2.47. The number of aromatic nitrogens is 1. The van der Waals surface area contributed by atoms with E-state index in [4.69, 9.17) is 4.74 Å². The third-order valence-corrected chi connectivity index (χ3v) is 4.21. The van der Waals surface area contributed by atoms with Gasteiger partial charge in [-0.1, -0.05) is 22.0 Å². The van der Waals surface area contributed by atoms with E-state index in [0.717, 1.165) is 9.86 Å². The van der Waals surface area contributed by atoms with Gasteiger partial charge in [0.2, 0.25) is 0 Å². The molecule has 1 amide bonds. The van der Waals surface area contributed by atoms with E-state index in [-0.39, 0.29) is 6.09 Å². The van der Waals surface area contributed by atoms with Crippen molar-refractivity contribution < 1.29 is 9.53 Å². The van der Waals surface area contributed by atoms with E-state index in [1.54, 1.807) is 11.1 Å². The lowest BCUT2D eigenvalue weighted by Gasteiger charge is -2.19. The third-order valence-electron chi connectivity index (χ3n) is 2.96. The molecule has 6 heteroatoms. The summed E-state index contributed by atoms with van der Waals surface area (Å²) in [6.07, 6.45) is 1.31. The van der Waals surface area contributed by atoms with E-state index >= 15 is 0 Å². The second-order valence-corrected chi connectivity index (χ2v) is 5.82. The molecule has 106 valence electrons. The fourth-order valence-electron chi connectivity index (χ4n) is 1.88. The molecule has 0 aliphatic heterocycles. The lowest BCUT2D eigenvalue weighted by molar-refractivity contribution is 0.157. The van der Waals surface area contributed by atoms with Crippen LogP contribution in [0.25, 0.3) is 10.9 Å². The Morgan fingerprint density at radius 1 is 1.30 bits per heavy atom. The van der Waals surface area contributed by atoms with E-state index in [1.165, 1.54) is 0 Å². The van der Waals surface area contributed by atoms with Gasteiger partial charge in [-0.3, -0.25) is 4.98 Å². The molecule has 0 atom stereocenters. The van der Waals surface area contributed by atoms with Crippen molar-refractivity contribution in [3.8, 4) is 5.75 Å². The molecule has 20 heavy (non-hydrogen) atoms. The standard InChI is InChI=1S/C14H14Br2N2O2/c1-3-18(4-2)14(19)20-13-11(16)8-10(15)9-6-5-7-17-12(9)13/h5-8H,3-4H2,1-2H3. The monoisotopic (exact) mass is 400 g/mol. The summed E-state index contributed by atoms with van der Waals surface area (Å²) in [7, 11) is 0. The van der Waals surface area contributed by atoms with Crippen LogP contribution in [0.4, 0.5) is 4.79 Å². The van der Waals surface area contributed by atoms with Gasteiger partial charge in [0.05, 0.1) is 4.47 Å². The van der Waals surface area contributed by atoms with Gasteiger partial charge in [-0.25, -0.2) is 4.79 Å². The molecule has 2 aromatic rings. The molecule has 0 saturated carbocycles. The summed E-state index contributed by atoms with van der Waals surface area (Å²) >= 11 is 6.91. The van der Waals surface area contributed by atoms with E-state index in [0.29, 0.717) is 28.8 Å². The second-order valence-electron chi connectivity index (χ2n) is 4.11. The fraction of sp³-hybridized carbons (Fsp3) is 0.286. The van der Waals surface area contributed by atoms with Crippen molar-refractivity contribution >= 4 is 48.9 Å². The first-order chi connectivity index (χ1) is 9.58. The summed E-state index contributed by atoms with van der Waals surface area (Å²) in [5.74, 6) is 0.445. The maximum absolute atomic E-state index is 12.1. The number of amides is 1.